The number of aromatic amines is 1. The average molecular weight is 275 g/mol. The van der Waals surface area contributed by atoms with Crippen molar-refractivity contribution in [2.45, 2.75) is 18.8 Å². The van der Waals surface area contributed by atoms with E-state index in [0.29, 0.717) is 17.4 Å². The van der Waals surface area contributed by atoms with E-state index in [1.165, 1.54) is 7.11 Å². The van der Waals surface area contributed by atoms with Crippen molar-refractivity contribution < 1.29 is 19.0 Å². The third-order valence-corrected chi connectivity index (χ3v) is 3.69. The number of benzene rings is 1. The van der Waals surface area contributed by atoms with E-state index in [-0.39, 0.29) is 5.97 Å². The van der Waals surface area contributed by atoms with Crippen LogP contribution < -0.4 is 9.47 Å². The van der Waals surface area contributed by atoms with Crippen LogP contribution >= 0.6 is 0 Å². The van der Waals surface area contributed by atoms with E-state index in [4.69, 9.17) is 14.2 Å². The van der Waals surface area contributed by atoms with E-state index in [1.807, 2.05) is 6.07 Å². The van der Waals surface area contributed by atoms with Gasteiger partial charge in [-0.05, 0) is 30.9 Å². The van der Waals surface area contributed by atoms with Crippen molar-refractivity contribution in [3.8, 4) is 11.5 Å². The molecule has 0 unspecified atom stereocenters. The molecule has 1 aromatic carbocycles. The summed E-state index contributed by atoms with van der Waals surface area (Å²) in [5.74, 6) is 1.53. The second-order valence-electron chi connectivity index (χ2n) is 4.94. The topological polar surface area (TPSA) is 60.6 Å². The summed E-state index contributed by atoms with van der Waals surface area (Å²) in [5, 5.41) is 0.935. The van der Waals surface area contributed by atoms with Crippen LogP contribution in [0, 0.1) is 0 Å². The largest absolute Gasteiger partial charge is 0.493 e. The van der Waals surface area contributed by atoms with Gasteiger partial charge in [-0.25, -0.2) is 4.79 Å². The normalized spacial score (nSPS) is 14.3. The van der Waals surface area contributed by atoms with Crippen molar-refractivity contribution in [2.24, 2.45) is 0 Å². The Hall–Kier alpha value is -2.17. The van der Waals surface area contributed by atoms with Gasteiger partial charge in [-0.15, -0.1) is 0 Å². The molecule has 2 aromatic rings. The van der Waals surface area contributed by atoms with Crippen molar-refractivity contribution in [1.82, 2.24) is 4.98 Å². The highest BCUT2D eigenvalue weighted by molar-refractivity contribution is 5.97. The Morgan fingerprint density at radius 3 is 2.50 bits per heavy atom. The number of methoxy groups -OCH3 is 3. The third-order valence-electron chi connectivity index (χ3n) is 3.69. The molecule has 1 fully saturated rings. The van der Waals surface area contributed by atoms with Crippen LogP contribution in [0.2, 0.25) is 0 Å². The minimum absolute atomic E-state index is 0.374. The van der Waals surface area contributed by atoms with Gasteiger partial charge in [0.05, 0.1) is 26.8 Å². The Morgan fingerprint density at radius 1 is 1.20 bits per heavy atom. The highest BCUT2D eigenvalue weighted by atomic mass is 16.5. The van der Waals surface area contributed by atoms with Gasteiger partial charge in [0.2, 0.25) is 0 Å². The van der Waals surface area contributed by atoms with Crippen LogP contribution in [0.3, 0.4) is 0 Å². The molecule has 1 aliphatic carbocycles. The zero-order chi connectivity index (χ0) is 14.3. The van der Waals surface area contributed by atoms with Gasteiger partial charge in [0.1, 0.15) is 5.69 Å². The van der Waals surface area contributed by atoms with E-state index in [1.54, 1.807) is 20.3 Å². The highest BCUT2D eigenvalue weighted by Gasteiger charge is 2.32. The summed E-state index contributed by atoms with van der Waals surface area (Å²) in [6, 6.07) is 3.66. The van der Waals surface area contributed by atoms with Crippen LogP contribution in [0.1, 0.15) is 34.8 Å². The summed E-state index contributed by atoms with van der Waals surface area (Å²) in [7, 11) is 4.63. The van der Waals surface area contributed by atoms with Gasteiger partial charge in [-0.2, -0.15) is 0 Å². The van der Waals surface area contributed by atoms with Crippen molar-refractivity contribution in [1.29, 1.82) is 0 Å². The number of esters is 1. The van der Waals surface area contributed by atoms with Gasteiger partial charge in [-0.3, -0.25) is 0 Å². The Morgan fingerprint density at radius 2 is 1.95 bits per heavy atom. The lowest BCUT2D eigenvalue weighted by Crippen LogP contribution is -2.01. The van der Waals surface area contributed by atoms with Crippen molar-refractivity contribution >= 4 is 16.9 Å². The Labute approximate surface area is 116 Å². The number of ether oxygens (including phenoxy) is 3. The summed E-state index contributed by atoms with van der Waals surface area (Å²) < 4.78 is 15.7. The molecule has 0 bridgehead atoms. The molecule has 5 nitrogen and oxygen atoms in total. The Balaban J connectivity index is 2.26. The first-order valence-electron chi connectivity index (χ1n) is 6.55. The molecule has 1 aliphatic rings. The molecule has 5 heteroatoms. The van der Waals surface area contributed by atoms with Crippen LogP contribution in [0.25, 0.3) is 10.9 Å². The number of nitrogens with one attached hydrogen (secondary N) is 1. The molecule has 0 spiro atoms. The van der Waals surface area contributed by atoms with Crippen molar-refractivity contribution in [3.63, 3.8) is 0 Å². The SMILES string of the molecule is COC(=O)c1cc2cc(OC)c(OC)c(C3CC3)c2[nH]1. The summed E-state index contributed by atoms with van der Waals surface area (Å²) in [5.41, 5.74) is 2.47. The Bertz CT molecular complexity index is 670. The molecule has 0 aliphatic heterocycles. The molecule has 1 aromatic heterocycles. The van der Waals surface area contributed by atoms with Gasteiger partial charge in [-0.1, -0.05) is 0 Å². The number of carbonyl (C=O) groups excluding carboxylic acids is 1. The van der Waals surface area contributed by atoms with Crippen LogP contribution in [-0.2, 0) is 4.74 Å². The minimum atomic E-state index is -0.374. The molecule has 0 atom stereocenters. The highest BCUT2D eigenvalue weighted by Crippen LogP contribution is 2.50. The second kappa shape index (κ2) is 4.74. The van der Waals surface area contributed by atoms with Crippen LogP contribution in [-0.4, -0.2) is 32.3 Å². The molecule has 106 valence electrons. The quantitative estimate of drug-likeness (QED) is 0.872. The standard InChI is InChI=1S/C15H17NO4/c1-18-11-7-9-6-10(15(17)20-3)16-13(9)12(8-4-5-8)14(11)19-2/h6-8,16H,4-5H2,1-3H3. The van der Waals surface area contributed by atoms with E-state index in [2.05, 4.69) is 4.98 Å². The fourth-order valence-corrected chi connectivity index (χ4v) is 2.60. The number of rotatable bonds is 4. The number of fused-ring (bicyclic) bond motifs is 1. The molecule has 3 rings (SSSR count). The van der Waals surface area contributed by atoms with Gasteiger partial charge >= 0.3 is 5.97 Å². The molecule has 0 radical (unpaired) electrons. The van der Waals surface area contributed by atoms with Gasteiger partial charge in [0.25, 0.3) is 0 Å². The number of aromatic nitrogens is 1. The summed E-state index contributed by atoms with van der Waals surface area (Å²) in [6.45, 7) is 0. The molecule has 1 heterocycles. The maximum Gasteiger partial charge on any atom is 0.354 e. The predicted molar refractivity (Wildman–Crippen MR) is 74.7 cm³/mol. The van der Waals surface area contributed by atoms with E-state index in [0.717, 1.165) is 35.1 Å². The summed E-state index contributed by atoms with van der Waals surface area (Å²) in [4.78, 5) is 14.8. The molecule has 1 N–H and O–H groups in total. The molecular formula is C15H17NO4. The van der Waals surface area contributed by atoms with Gasteiger partial charge < -0.3 is 19.2 Å². The Kier molecular flexibility index (Phi) is 3.04. The lowest BCUT2D eigenvalue weighted by molar-refractivity contribution is 0.0595. The van der Waals surface area contributed by atoms with Crippen LogP contribution in [0.4, 0.5) is 0 Å². The maximum atomic E-state index is 11.7. The maximum absolute atomic E-state index is 11.7. The molecule has 0 saturated heterocycles. The number of hydrogen-bond acceptors (Lipinski definition) is 4. The lowest BCUT2D eigenvalue weighted by Gasteiger charge is -2.13. The summed E-state index contributed by atoms with van der Waals surface area (Å²) in [6.07, 6.45) is 2.26. The van der Waals surface area contributed by atoms with Crippen LogP contribution in [0.15, 0.2) is 12.1 Å². The van der Waals surface area contributed by atoms with E-state index < -0.39 is 0 Å². The first kappa shape index (κ1) is 12.8. The zero-order valence-electron chi connectivity index (χ0n) is 11.8. The molecule has 0 amide bonds. The van der Waals surface area contributed by atoms with Crippen molar-refractivity contribution in [3.05, 3.63) is 23.4 Å². The molecule has 20 heavy (non-hydrogen) atoms. The first-order chi connectivity index (χ1) is 9.69. The van der Waals surface area contributed by atoms with Gasteiger partial charge in [0.15, 0.2) is 11.5 Å². The monoisotopic (exact) mass is 275 g/mol. The predicted octanol–water partition coefficient (Wildman–Crippen LogP) is 2.85. The molecule has 1 saturated carbocycles. The van der Waals surface area contributed by atoms with Crippen molar-refractivity contribution in [2.75, 3.05) is 21.3 Å². The van der Waals surface area contributed by atoms with Gasteiger partial charge in [0, 0.05) is 10.9 Å². The summed E-state index contributed by atoms with van der Waals surface area (Å²) >= 11 is 0. The lowest BCUT2D eigenvalue weighted by atomic mass is 10.0. The third kappa shape index (κ3) is 1.90. The molecular weight excluding hydrogens is 258 g/mol. The average Bonchev–Trinajstić information content (AvgIpc) is 3.22. The zero-order valence-corrected chi connectivity index (χ0v) is 11.8. The minimum Gasteiger partial charge on any atom is -0.493 e. The van der Waals surface area contributed by atoms with E-state index in [9.17, 15) is 4.79 Å². The first-order valence-corrected chi connectivity index (χ1v) is 6.55. The second-order valence-corrected chi connectivity index (χ2v) is 4.94. The van der Waals surface area contributed by atoms with E-state index >= 15 is 0 Å². The smallest absolute Gasteiger partial charge is 0.354 e. The number of H-pyrrole nitrogens is 1. The number of carbonyl (C=O) groups is 1. The van der Waals surface area contributed by atoms with Crippen LogP contribution in [0.5, 0.6) is 11.5 Å². The fourth-order valence-electron chi connectivity index (χ4n) is 2.60. The fraction of sp³-hybridized carbons (Fsp3) is 0.400. The number of hydrogen-bond donors (Lipinski definition) is 1.